The average molecular weight is 936 g/mol. The quantitative estimate of drug-likeness (QED) is 0.117. The first-order chi connectivity index (χ1) is 28.7. The van der Waals surface area contributed by atoms with Gasteiger partial charge in [-0.15, -0.1) is 0 Å². The molecule has 0 saturated heterocycles. The van der Waals surface area contributed by atoms with E-state index in [4.69, 9.17) is 0 Å². The summed E-state index contributed by atoms with van der Waals surface area (Å²) < 4.78 is 0.214. The maximum absolute atomic E-state index is 9.32. The Hall–Kier alpha value is -1.96. The van der Waals surface area contributed by atoms with Crippen LogP contribution < -0.4 is 0 Å². The van der Waals surface area contributed by atoms with Crippen LogP contribution in [-0.4, -0.2) is 5.92 Å². The van der Waals surface area contributed by atoms with E-state index in [9.17, 15) is 17.0 Å². The summed E-state index contributed by atoms with van der Waals surface area (Å²) in [6, 6.07) is 28.6. The summed E-state index contributed by atoms with van der Waals surface area (Å²) in [6.45, 7) is 19.0. The number of benzene rings is 4. The maximum atomic E-state index is 9.32. The molecule has 0 nitrogen and oxygen atoms in total. The topological polar surface area (TPSA) is 0 Å². The van der Waals surface area contributed by atoms with Crippen LogP contribution in [0.25, 0.3) is 34.4 Å². The van der Waals surface area contributed by atoms with Crippen molar-refractivity contribution in [2.75, 3.05) is 0 Å². The number of aryl methyl sites for hydroxylation is 4. The molecule has 0 aromatic heterocycles. The molecule has 2 unspecified atom stereocenters. The van der Waals surface area contributed by atoms with Crippen molar-refractivity contribution in [1.29, 1.82) is 0 Å². The molecule has 0 heterocycles. The molecule has 4 heteroatoms. The van der Waals surface area contributed by atoms with E-state index in [0.717, 1.165) is 12.8 Å². The molecule has 60 heavy (non-hydrogen) atoms. The van der Waals surface area contributed by atoms with Gasteiger partial charge in [0.2, 0.25) is 0 Å². The Bertz CT molecular complexity index is 2090. The standard InChI is InChI=1S/2C27H33.C2H7Si.2ClH.Zr/c2*1-4-11-27(12-6-5-7-13-27)19-22-17-23-9-8-10-25(26(23)18-22)24-15-20(2)14-21(3)16-24;1-3-2;;;/h2*8-10,14-18H,4-7,11-13,19H2,1-3H3;3H,1-2H3;2*1H;/q;;;;;+2/p-2. The monoisotopic (exact) mass is 933 g/mol. The van der Waals surface area contributed by atoms with Crippen LogP contribution >= 0.6 is 17.0 Å². The van der Waals surface area contributed by atoms with Crippen molar-refractivity contribution in [2.24, 2.45) is 10.8 Å². The number of hydrogen-bond donors (Lipinski definition) is 0. The van der Waals surface area contributed by atoms with E-state index in [-0.39, 0.29) is 7.25 Å². The third kappa shape index (κ3) is 8.18. The summed E-state index contributed by atoms with van der Waals surface area (Å²) in [5.74, 6) is -1.76. The first kappa shape index (κ1) is 44.6. The van der Waals surface area contributed by atoms with Gasteiger partial charge in [-0.3, -0.25) is 0 Å². The van der Waals surface area contributed by atoms with E-state index < -0.39 is 21.5 Å². The Morgan fingerprint density at radius 3 is 1.25 bits per heavy atom. The van der Waals surface area contributed by atoms with Crippen LogP contribution in [-0.2, 0) is 15.6 Å². The fourth-order valence-electron chi connectivity index (χ4n) is 13.7. The van der Waals surface area contributed by atoms with Gasteiger partial charge >= 0.3 is 377 Å². The number of fused-ring (bicyclic) bond motifs is 2. The van der Waals surface area contributed by atoms with Crippen LogP contribution in [0.3, 0.4) is 0 Å². The van der Waals surface area contributed by atoms with Crippen molar-refractivity contribution in [3.63, 3.8) is 0 Å². The summed E-state index contributed by atoms with van der Waals surface area (Å²) in [5, 5.41) is 0. The van der Waals surface area contributed by atoms with Crippen LogP contribution in [0.2, 0.25) is 13.1 Å². The third-order valence-corrected chi connectivity index (χ3v) is 68.0. The summed E-state index contributed by atoms with van der Waals surface area (Å²) in [7, 11) is 18.6. The van der Waals surface area contributed by atoms with E-state index in [2.05, 4.69) is 140 Å². The third-order valence-electron chi connectivity index (χ3n) is 16.1. The molecule has 0 bridgehead atoms. The van der Waals surface area contributed by atoms with Crippen molar-refractivity contribution < 1.29 is 15.6 Å². The van der Waals surface area contributed by atoms with Crippen molar-refractivity contribution in [1.82, 2.24) is 0 Å². The molecule has 4 aromatic carbocycles. The van der Waals surface area contributed by atoms with Crippen LogP contribution in [0.4, 0.5) is 0 Å². The molecule has 2 atom stereocenters. The second kappa shape index (κ2) is 17.5. The predicted molar refractivity (Wildman–Crippen MR) is 265 cm³/mol. The molecule has 4 aliphatic rings. The fraction of sp³-hybridized carbons (Fsp3) is 0.500. The van der Waals surface area contributed by atoms with Gasteiger partial charge in [-0.2, -0.15) is 0 Å². The molecule has 2 fully saturated rings. The molecule has 4 aromatic rings. The Kier molecular flexibility index (Phi) is 13.1. The van der Waals surface area contributed by atoms with Crippen molar-refractivity contribution in [3.05, 3.63) is 128 Å². The average Bonchev–Trinajstić information content (AvgIpc) is 3.76. The van der Waals surface area contributed by atoms with E-state index in [1.807, 2.05) is 0 Å². The van der Waals surface area contributed by atoms with Gasteiger partial charge in [-0.1, -0.05) is 0 Å². The van der Waals surface area contributed by atoms with Crippen LogP contribution in [0, 0.1) is 38.5 Å². The van der Waals surface area contributed by atoms with Gasteiger partial charge in [0.15, 0.2) is 0 Å². The van der Waals surface area contributed by atoms with Crippen LogP contribution in [0.15, 0.2) is 83.9 Å². The van der Waals surface area contributed by atoms with Gasteiger partial charge in [-0.05, 0) is 0 Å². The van der Waals surface area contributed by atoms with Gasteiger partial charge in [0.1, 0.15) is 0 Å². The summed E-state index contributed by atoms with van der Waals surface area (Å²) in [4.78, 5) is 0. The van der Waals surface area contributed by atoms with E-state index in [0.29, 0.717) is 10.8 Å². The van der Waals surface area contributed by atoms with Gasteiger partial charge in [-0.25, -0.2) is 0 Å². The second-order valence-electron chi connectivity index (χ2n) is 21.0. The van der Waals surface area contributed by atoms with E-state index in [1.165, 1.54) is 157 Å². The first-order valence-corrected chi connectivity index (χ1v) is 40.4. The molecule has 2 saturated carbocycles. The molecular weight excluding hydrogens is 863 g/mol. The molecule has 8 rings (SSSR count). The van der Waals surface area contributed by atoms with Crippen molar-refractivity contribution >= 4 is 35.1 Å². The summed E-state index contributed by atoms with van der Waals surface area (Å²) in [6.07, 6.45) is 26.1. The van der Waals surface area contributed by atoms with E-state index >= 15 is 0 Å². The molecule has 0 spiro atoms. The predicted octanol–water partition coefficient (Wildman–Crippen LogP) is 18.1. The normalized spacial score (nSPS) is 21.6. The SMILES string of the molecule is CCCC1(CC2=Cc3c(-c4cc(C)cc(C)c4)cccc3[CH]2[Zr]([Cl])([Cl])([CH]2C(CC3(CCC)CCCCC3)=Cc3c(-c4cc(C)cc(C)c4)cccc32)[SiH](C)C)CCCCC1. The van der Waals surface area contributed by atoms with Gasteiger partial charge in [0.25, 0.3) is 0 Å². The van der Waals surface area contributed by atoms with Crippen LogP contribution in [0.1, 0.15) is 168 Å². The molecule has 4 aliphatic carbocycles. The summed E-state index contributed by atoms with van der Waals surface area (Å²) >= 11 is -5.13. The molecule has 0 amide bonds. The van der Waals surface area contributed by atoms with Gasteiger partial charge in [0, 0.05) is 0 Å². The van der Waals surface area contributed by atoms with E-state index in [1.54, 1.807) is 11.1 Å². The second-order valence-corrected chi connectivity index (χ2v) is 63.5. The molecular formula is C56H73Cl2SiZr. The first-order valence-electron chi connectivity index (χ1n) is 24.1. The Balaban J connectivity index is 1.39. The molecule has 0 radical (unpaired) electrons. The number of rotatable bonds is 13. The number of allylic oxidation sites excluding steroid dienone is 2. The van der Waals surface area contributed by atoms with Gasteiger partial charge in [0.05, 0.1) is 0 Å². The Morgan fingerprint density at radius 2 is 0.917 bits per heavy atom. The Labute approximate surface area is 373 Å². The fourth-order valence-corrected chi connectivity index (χ4v) is 45.0. The number of halogens is 2. The van der Waals surface area contributed by atoms with Crippen molar-refractivity contribution in [2.45, 2.75) is 165 Å². The van der Waals surface area contributed by atoms with Crippen LogP contribution in [0.5, 0.6) is 0 Å². The Morgan fingerprint density at radius 1 is 0.550 bits per heavy atom. The zero-order valence-electron chi connectivity index (χ0n) is 38.4. The molecule has 0 N–H and O–H groups in total. The molecule has 0 aliphatic heterocycles. The zero-order valence-corrected chi connectivity index (χ0v) is 43.5. The number of hydrogen-bond acceptors (Lipinski definition) is 0. The molecule has 319 valence electrons. The summed E-state index contributed by atoms with van der Waals surface area (Å²) in [5.41, 5.74) is 20.2. The van der Waals surface area contributed by atoms with Crippen molar-refractivity contribution in [3.8, 4) is 22.3 Å². The zero-order chi connectivity index (χ0) is 42.5. The minimum atomic E-state index is -5.13. The minimum absolute atomic E-state index is 0.107. The van der Waals surface area contributed by atoms with Gasteiger partial charge < -0.3 is 0 Å².